The summed E-state index contributed by atoms with van der Waals surface area (Å²) in [5, 5.41) is 0. The van der Waals surface area contributed by atoms with Crippen LogP contribution in [0, 0.1) is 25.7 Å². The van der Waals surface area contributed by atoms with Gasteiger partial charge in [-0.2, -0.15) is 0 Å². The van der Waals surface area contributed by atoms with Crippen LogP contribution in [0.2, 0.25) is 0 Å². The van der Waals surface area contributed by atoms with E-state index in [2.05, 4.69) is 0 Å². The first-order valence-electron chi connectivity index (χ1n) is 9.73. The Balaban J connectivity index is 1.52. The smallest absolute Gasteiger partial charge is 0.343 e. The van der Waals surface area contributed by atoms with E-state index >= 15 is 0 Å². The van der Waals surface area contributed by atoms with Gasteiger partial charge in [-0.05, 0) is 68.1 Å². The Morgan fingerprint density at radius 1 is 0.929 bits per heavy atom. The lowest BCUT2D eigenvalue weighted by Crippen LogP contribution is -2.30. The zero-order chi connectivity index (χ0) is 19.8. The summed E-state index contributed by atoms with van der Waals surface area (Å²) in [6, 6.07) is 12.1. The van der Waals surface area contributed by atoms with Crippen molar-refractivity contribution in [3.05, 3.63) is 59.2 Å². The molecule has 4 rings (SSSR count). The molecule has 5 heteroatoms. The molecular weight excluding hydrogens is 354 g/mol. The van der Waals surface area contributed by atoms with Crippen LogP contribution in [0.5, 0.6) is 5.75 Å². The van der Waals surface area contributed by atoms with Gasteiger partial charge in [-0.25, -0.2) is 4.79 Å². The van der Waals surface area contributed by atoms with Crippen molar-refractivity contribution >= 4 is 23.5 Å². The lowest BCUT2D eigenvalue weighted by molar-refractivity contribution is -0.122. The SMILES string of the molecule is Cc1cccc(OC(=O)c2ccc(N3C(=O)[C@H]4CCCC[C@H]4C3=O)cc2)c1C. The maximum atomic E-state index is 12.7. The fraction of sp³-hybridized carbons (Fsp3) is 0.348. The summed E-state index contributed by atoms with van der Waals surface area (Å²) in [6.07, 6.45) is 3.56. The van der Waals surface area contributed by atoms with Crippen molar-refractivity contribution in [2.45, 2.75) is 39.5 Å². The molecule has 0 N–H and O–H groups in total. The molecule has 28 heavy (non-hydrogen) atoms. The zero-order valence-corrected chi connectivity index (χ0v) is 16.1. The Morgan fingerprint density at radius 2 is 1.54 bits per heavy atom. The first kappa shape index (κ1) is 18.4. The number of nitrogens with zero attached hydrogens (tertiary/aromatic N) is 1. The fourth-order valence-corrected chi connectivity index (χ4v) is 4.16. The molecule has 1 aliphatic carbocycles. The monoisotopic (exact) mass is 377 g/mol. The van der Waals surface area contributed by atoms with E-state index in [4.69, 9.17) is 4.74 Å². The van der Waals surface area contributed by atoms with Crippen LogP contribution >= 0.6 is 0 Å². The molecule has 5 nitrogen and oxygen atoms in total. The molecule has 2 fully saturated rings. The van der Waals surface area contributed by atoms with E-state index in [1.165, 1.54) is 4.90 Å². The number of anilines is 1. The van der Waals surface area contributed by atoms with Crippen LogP contribution in [-0.2, 0) is 9.59 Å². The number of carbonyl (C=O) groups is 3. The van der Waals surface area contributed by atoms with Crippen LogP contribution in [0.15, 0.2) is 42.5 Å². The van der Waals surface area contributed by atoms with Crippen molar-refractivity contribution in [3.63, 3.8) is 0 Å². The molecule has 2 aromatic carbocycles. The third-order valence-electron chi connectivity index (χ3n) is 5.96. The van der Waals surface area contributed by atoms with Crippen molar-refractivity contribution in [1.82, 2.24) is 0 Å². The quantitative estimate of drug-likeness (QED) is 0.457. The van der Waals surface area contributed by atoms with Gasteiger partial charge in [0, 0.05) is 0 Å². The molecule has 1 heterocycles. The van der Waals surface area contributed by atoms with E-state index in [0.29, 0.717) is 17.0 Å². The maximum Gasteiger partial charge on any atom is 0.343 e. The number of ether oxygens (including phenoxy) is 1. The molecule has 0 unspecified atom stereocenters. The minimum absolute atomic E-state index is 0.111. The minimum atomic E-state index is -0.465. The Bertz CT molecular complexity index is 924. The van der Waals surface area contributed by atoms with Gasteiger partial charge < -0.3 is 4.74 Å². The van der Waals surface area contributed by atoms with Crippen LogP contribution in [-0.4, -0.2) is 17.8 Å². The number of imide groups is 1. The lowest BCUT2D eigenvalue weighted by atomic mass is 9.81. The Hall–Kier alpha value is -2.95. The number of hydrogen-bond donors (Lipinski definition) is 0. The summed E-state index contributed by atoms with van der Waals surface area (Å²) in [7, 11) is 0. The van der Waals surface area contributed by atoms with E-state index in [1.807, 2.05) is 26.0 Å². The van der Waals surface area contributed by atoms with Crippen LogP contribution in [0.3, 0.4) is 0 Å². The Labute approximate surface area is 164 Å². The molecule has 0 bridgehead atoms. The highest BCUT2D eigenvalue weighted by molar-refractivity contribution is 6.22. The number of benzene rings is 2. The molecule has 2 aromatic rings. The number of hydrogen-bond acceptors (Lipinski definition) is 4. The standard InChI is InChI=1S/C23H23NO4/c1-14-6-5-9-20(15(14)2)28-23(27)16-10-12-17(13-11-16)24-21(25)18-7-3-4-8-19(18)22(24)26/h5-6,9-13,18-19H,3-4,7-8H2,1-2H3/t18-,19+. The second kappa shape index (κ2) is 7.23. The lowest BCUT2D eigenvalue weighted by Gasteiger charge is -2.19. The van der Waals surface area contributed by atoms with Crippen molar-refractivity contribution in [2.24, 2.45) is 11.8 Å². The summed E-state index contributed by atoms with van der Waals surface area (Å²) in [4.78, 5) is 39.2. The number of amides is 2. The van der Waals surface area contributed by atoms with Crippen LogP contribution in [0.4, 0.5) is 5.69 Å². The molecule has 2 atom stereocenters. The number of carbonyl (C=O) groups excluding carboxylic acids is 3. The van der Waals surface area contributed by atoms with Crippen LogP contribution in [0.25, 0.3) is 0 Å². The summed E-state index contributed by atoms with van der Waals surface area (Å²) in [5.41, 5.74) is 2.87. The number of esters is 1. The fourth-order valence-electron chi connectivity index (χ4n) is 4.16. The van der Waals surface area contributed by atoms with Crippen molar-refractivity contribution in [2.75, 3.05) is 4.90 Å². The average molecular weight is 377 g/mol. The van der Waals surface area contributed by atoms with Crippen molar-refractivity contribution in [1.29, 1.82) is 0 Å². The third-order valence-corrected chi connectivity index (χ3v) is 5.96. The van der Waals surface area contributed by atoms with Gasteiger partial charge >= 0.3 is 5.97 Å². The van der Waals surface area contributed by atoms with E-state index in [9.17, 15) is 14.4 Å². The largest absolute Gasteiger partial charge is 0.423 e. The zero-order valence-electron chi connectivity index (χ0n) is 16.1. The number of fused-ring (bicyclic) bond motifs is 1. The van der Waals surface area contributed by atoms with Gasteiger partial charge in [-0.15, -0.1) is 0 Å². The molecule has 1 saturated heterocycles. The number of rotatable bonds is 3. The first-order chi connectivity index (χ1) is 13.5. The number of aryl methyl sites for hydroxylation is 1. The van der Waals surface area contributed by atoms with E-state index in [1.54, 1.807) is 30.3 Å². The summed E-state index contributed by atoms with van der Waals surface area (Å²) >= 11 is 0. The maximum absolute atomic E-state index is 12.7. The van der Waals surface area contributed by atoms with Gasteiger partial charge in [-0.1, -0.05) is 25.0 Å². The summed E-state index contributed by atoms with van der Waals surface area (Å²) in [5.74, 6) is -0.526. The second-order valence-electron chi connectivity index (χ2n) is 7.64. The minimum Gasteiger partial charge on any atom is -0.423 e. The molecule has 2 aliphatic rings. The van der Waals surface area contributed by atoms with Gasteiger partial charge in [0.15, 0.2) is 0 Å². The van der Waals surface area contributed by atoms with Gasteiger partial charge in [0.25, 0.3) is 0 Å². The van der Waals surface area contributed by atoms with Gasteiger partial charge in [0.2, 0.25) is 11.8 Å². The normalized spacial score (nSPS) is 21.6. The van der Waals surface area contributed by atoms with Crippen molar-refractivity contribution in [3.8, 4) is 5.75 Å². The summed E-state index contributed by atoms with van der Waals surface area (Å²) < 4.78 is 5.51. The highest BCUT2D eigenvalue weighted by Gasteiger charge is 2.48. The highest BCUT2D eigenvalue weighted by Crippen LogP contribution is 2.40. The van der Waals surface area contributed by atoms with E-state index in [-0.39, 0.29) is 23.7 Å². The molecular formula is C23H23NO4. The van der Waals surface area contributed by atoms with Crippen LogP contribution < -0.4 is 9.64 Å². The highest BCUT2D eigenvalue weighted by atomic mass is 16.5. The van der Waals surface area contributed by atoms with E-state index in [0.717, 1.165) is 36.8 Å². The van der Waals surface area contributed by atoms with Gasteiger partial charge in [0.1, 0.15) is 5.75 Å². The predicted molar refractivity (Wildman–Crippen MR) is 105 cm³/mol. The molecule has 2 amide bonds. The molecule has 0 radical (unpaired) electrons. The molecule has 144 valence electrons. The van der Waals surface area contributed by atoms with Gasteiger partial charge in [-0.3, -0.25) is 14.5 Å². The van der Waals surface area contributed by atoms with Crippen LogP contribution in [0.1, 0.15) is 47.2 Å². The molecule has 0 aromatic heterocycles. The topological polar surface area (TPSA) is 63.7 Å². The summed E-state index contributed by atoms with van der Waals surface area (Å²) in [6.45, 7) is 3.87. The first-order valence-corrected chi connectivity index (χ1v) is 9.73. The Morgan fingerprint density at radius 3 is 2.14 bits per heavy atom. The molecule has 1 saturated carbocycles. The predicted octanol–water partition coefficient (Wildman–Crippen LogP) is 4.20. The van der Waals surface area contributed by atoms with Crippen molar-refractivity contribution < 1.29 is 19.1 Å². The average Bonchev–Trinajstić information content (AvgIpc) is 2.96. The third kappa shape index (κ3) is 3.11. The second-order valence-corrected chi connectivity index (χ2v) is 7.64. The molecule has 1 aliphatic heterocycles. The molecule has 0 spiro atoms. The van der Waals surface area contributed by atoms with Gasteiger partial charge in [0.05, 0.1) is 23.1 Å². The van der Waals surface area contributed by atoms with E-state index < -0.39 is 5.97 Å². The Kier molecular flexibility index (Phi) is 4.75.